The zero-order valence-corrected chi connectivity index (χ0v) is 34.5. The third-order valence-corrected chi connectivity index (χ3v) is 16.1. The van der Waals surface area contributed by atoms with Gasteiger partial charge >= 0.3 is 0 Å². The lowest BCUT2D eigenvalue weighted by atomic mass is 9.84. The number of methoxy groups -OCH3 is 1. The van der Waals surface area contributed by atoms with Crippen LogP contribution in [0.15, 0.2) is 89.5 Å². The molecule has 52 heavy (non-hydrogen) atoms. The van der Waals surface area contributed by atoms with Gasteiger partial charge in [-0.25, -0.2) is 4.39 Å². The lowest BCUT2D eigenvalue weighted by Gasteiger charge is -2.44. The van der Waals surface area contributed by atoms with Gasteiger partial charge in [-0.3, -0.25) is 4.98 Å². The summed E-state index contributed by atoms with van der Waals surface area (Å²) in [5, 5.41) is 3.40. The van der Waals surface area contributed by atoms with Gasteiger partial charge in [0.05, 0.1) is 52.6 Å². The van der Waals surface area contributed by atoms with Crippen LogP contribution < -0.4 is 15.3 Å². The van der Waals surface area contributed by atoms with Crippen LogP contribution in [0.3, 0.4) is 0 Å². The van der Waals surface area contributed by atoms with Gasteiger partial charge in [0, 0.05) is 44.3 Å². The van der Waals surface area contributed by atoms with Crippen LogP contribution in [0.2, 0.25) is 5.04 Å². The predicted molar refractivity (Wildman–Crippen MR) is 218 cm³/mol. The molecule has 1 aliphatic heterocycles. The van der Waals surface area contributed by atoms with Crippen molar-refractivity contribution in [1.82, 2.24) is 9.55 Å². The number of hydrogen-bond donors (Lipinski definition) is 0. The fourth-order valence-corrected chi connectivity index (χ4v) is 13.0. The molecule has 5 aromatic rings. The smallest absolute Gasteiger partial charge is 0.261 e. The first-order valence-electron chi connectivity index (χ1n) is 18.4. The van der Waals surface area contributed by atoms with Gasteiger partial charge in [0.2, 0.25) is 0 Å². The van der Waals surface area contributed by atoms with E-state index in [-0.39, 0.29) is 22.4 Å². The molecule has 0 radical (unpaired) electrons. The third-order valence-electron chi connectivity index (χ3n) is 10.6. The van der Waals surface area contributed by atoms with E-state index < -0.39 is 8.32 Å². The van der Waals surface area contributed by atoms with E-state index in [4.69, 9.17) is 18.9 Å². The van der Waals surface area contributed by atoms with E-state index in [1.54, 1.807) is 13.2 Å². The molecule has 2 aromatic heterocycles. The zero-order valence-electron chi connectivity index (χ0n) is 31.9. The lowest BCUT2D eigenvalue weighted by molar-refractivity contribution is 0.116. The van der Waals surface area contributed by atoms with Gasteiger partial charge in [0.25, 0.3) is 8.32 Å². The molecular formula is C43H53BrFN3O3Si. The molecule has 0 aliphatic carbocycles. The maximum atomic E-state index is 15.4. The SMILES string of the molecule is CCn1c(-c2cc(N3CCOCC3)cnc2[C@H](C)OC)c(CC(C)(C)CO[Si](c2ccccc2)(c2ccccc2)C(C)(C)C)c2cc(Br)c(F)cc21. The second-order valence-electron chi connectivity index (χ2n) is 15.8. The first-order valence-corrected chi connectivity index (χ1v) is 21.1. The van der Waals surface area contributed by atoms with Crippen molar-refractivity contribution in [3.05, 3.63) is 107 Å². The average molecular weight is 787 g/mol. The van der Waals surface area contributed by atoms with Gasteiger partial charge in [0.15, 0.2) is 0 Å². The van der Waals surface area contributed by atoms with Crippen LogP contribution in [0.25, 0.3) is 22.2 Å². The monoisotopic (exact) mass is 785 g/mol. The molecular weight excluding hydrogens is 733 g/mol. The summed E-state index contributed by atoms with van der Waals surface area (Å²) in [6.07, 6.45) is 2.40. The molecule has 1 aliphatic rings. The van der Waals surface area contributed by atoms with Crippen LogP contribution in [0, 0.1) is 11.2 Å². The molecule has 9 heteroatoms. The number of halogens is 2. The maximum absolute atomic E-state index is 15.4. The average Bonchev–Trinajstić information content (AvgIpc) is 3.42. The normalized spacial score (nSPS) is 15.0. The molecule has 1 atom stereocenters. The van der Waals surface area contributed by atoms with E-state index in [9.17, 15) is 0 Å². The van der Waals surface area contributed by atoms with E-state index in [1.807, 2.05) is 19.2 Å². The van der Waals surface area contributed by atoms with E-state index in [1.165, 1.54) is 10.4 Å². The van der Waals surface area contributed by atoms with Gasteiger partial charge in [-0.2, -0.15) is 0 Å². The summed E-state index contributed by atoms with van der Waals surface area (Å²) in [5.41, 5.74) is 5.67. The molecule has 0 bridgehead atoms. The summed E-state index contributed by atoms with van der Waals surface area (Å²) in [6.45, 7) is 19.9. The molecule has 3 aromatic carbocycles. The summed E-state index contributed by atoms with van der Waals surface area (Å²) >= 11 is 3.53. The summed E-state index contributed by atoms with van der Waals surface area (Å²) in [7, 11) is -1.06. The maximum Gasteiger partial charge on any atom is 0.261 e. The van der Waals surface area contributed by atoms with Crippen molar-refractivity contribution in [3.63, 3.8) is 0 Å². The van der Waals surface area contributed by atoms with Crippen molar-refractivity contribution in [3.8, 4) is 11.3 Å². The summed E-state index contributed by atoms with van der Waals surface area (Å²) in [6, 6.07) is 27.5. The Morgan fingerprint density at radius 3 is 2.12 bits per heavy atom. The van der Waals surface area contributed by atoms with Gasteiger partial charge < -0.3 is 23.4 Å². The fourth-order valence-electron chi connectivity index (χ4n) is 7.91. The Morgan fingerprint density at radius 1 is 0.942 bits per heavy atom. The van der Waals surface area contributed by atoms with Gasteiger partial charge in [0.1, 0.15) is 5.82 Å². The van der Waals surface area contributed by atoms with Crippen molar-refractivity contribution in [2.45, 2.75) is 72.6 Å². The number of aromatic nitrogens is 2. The molecule has 0 saturated carbocycles. The number of fused-ring (bicyclic) bond motifs is 1. The first kappa shape index (κ1) is 38.4. The van der Waals surface area contributed by atoms with Crippen molar-refractivity contribution < 1.29 is 18.3 Å². The third kappa shape index (κ3) is 7.40. The highest BCUT2D eigenvalue weighted by Gasteiger charge is 2.51. The van der Waals surface area contributed by atoms with Crippen LogP contribution in [-0.4, -0.2) is 57.9 Å². The second kappa shape index (κ2) is 15.6. The van der Waals surface area contributed by atoms with E-state index in [0.29, 0.717) is 37.3 Å². The van der Waals surface area contributed by atoms with Crippen LogP contribution in [0.1, 0.15) is 65.8 Å². The summed E-state index contributed by atoms with van der Waals surface area (Å²) < 4.78 is 37.2. The Labute approximate surface area is 318 Å². The van der Waals surface area contributed by atoms with Crippen molar-refractivity contribution in [2.75, 3.05) is 44.9 Å². The number of benzene rings is 3. The highest BCUT2D eigenvalue weighted by molar-refractivity contribution is 9.10. The van der Waals surface area contributed by atoms with E-state index >= 15 is 4.39 Å². The molecule has 0 unspecified atom stereocenters. The number of anilines is 1. The number of ether oxygens (including phenoxy) is 2. The number of morpholine rings is 1. The molecule has 6 rings (SSSR count). The van der Waals surface area contributed by atoms with Crippen LogP contribution in [0.4, 0.5) is 10.1 Å². The molecule has 0 spiro atoms. The fraction of sp³-hybridized carbons (Fsp3) is 0.419. The van der Waals surface area contributed by atoms with Crippen LogP contribution in [-0.2, 0) is 26.9 Å². The molecule has 1 saturated heterocycles. The Morgan fingerprint density at radius 2 is 1.56 bits per heavy atom. The largest absolute Gasteiger partial charge is 0.407 e. The molecule has 0 N–H and O–H groups in total. The van der Waals surface area contributed by atoms with Crippen LogP contribution in [0.5, 0.6) is 0 Å². The lowest BCUT2D eigenvalue weighted by Crippen LogP contribution is -2.67. The summed E-state index contributed by atoms with van der Waals surface area (Å²) in [4.78, 5) is 7.39. The highest BCUT2D eigenvalue weighted by Crippen LogP contribution is 2.44. The topological polar surface area (TPSA) is 48.8 Å². The van der Waals surface area contributed by atoms with Gasteiger partial charge in [-0.1, -0.05) is 95.3 Å². The first-order chi connectivity index (χ1) is 24.8. The number of aryl methyl sites for hydroxylation is 1. The van der Waals surface area contributed by atoms with E-state index in [2.05, 4.69) is 134 Å². The van der Waals surface area contributed by atoms with Crippen molar-refractivity contribution in [1.29, 1.82) is 0 Å². The Balaban J connectivity index is 1.51. The summed E-state index contributed by atoms with van der Waals surface area (Å²) in [5.74, 6) is -0.280. The quantitative estimate of drug-likeness (QED) is 0.118. The number of rotatable bonds is 12. The molecule has 1 fully saturated rings. The highest BCUT2D eigenvalue weighted by atomic mass is 79.9. The second-order valence-corrected chi connectivity index (χ2v) is 20.9. The van der Waals surface area contributed by atoms with Crippen molar-refractivity contribution >= 4 is 51.2 Å². The zero-order chi connectivity index (χ0) is 37.3. The van der Waals surface area contributed by atoms with E-state index in [0.717, 1.165) is 52.2 Å². The minimum atomic E-state index is -2.79. The molecule has 3 heterocycles. The molecule has 6 nitrogen and oxygen atoms in total. The Bertz CT molecular complexity index is 1950. The Kier molecular flexibility index (Phi) is 11.5. The van der Waals surface area contributed by atoms with Crippen LogP contribution >= 0.6 is 15.9 Å². The minimum absolute atomic E-state index is 0.144. The Hall–Kier alpha value is -3.34. The predicted octanol–water partition coefficient (Wildman–Crippen LogP) is 9.31. The number of hydrogen-bond acceptors (Lipinski definition) is 5. The van der Waals surface area contributed by atoms with Crippen molar-refractivity contribution in [2.24, 2.45) is 5.41 Å². The number of nitrogens with zero attached hydrogens (tertiary/aromatic N) is 3. The van der Waals surface area contributed by atoms with Gasteiger partial charge in [-0.05, 0) is 80.8 Å². The van der Waals surface area contributed by atoms with Gasteiger partial charge in [-0.15, -0.1) is 0 Å². The minimum Gasteiger partial charge on any atom is -0.407 e. The molecule has 0 amide bonds. The molecule has 276 valence electrons. The standard InChI is InChI=1S/C43H53BrFN3O3Si/c1-9-48-39-26-38(45)37(44)25-34(39)36(41(48)35-24-31(47-20-22-50-23-21-47)28-46-40(35)30(2)49-8)27-43(6,7)29-51-52(42(3,4)5,32-16-12-10-13-17-32)33-18-14-11-15-19-33/h10-19,24-26,28,30H,9,20-23,27,29H2,1-8H3/t30-/m0/s1. The number of pyridine rings is 1.